The van der Waals surface area contributed by atoms with Gasteiger partial charge >= 0.3 is 12.3 Å². The third-order valence-corrected chi connectivity index (χ3v) is 1.03. The third kappa shape index (κ3) is 8.46. The quantitative estimate of drug-likeness (QED) is 0.483. The number of rotatable bonds is 1. The van der Waals surface area contributed by atoms with Crippen LogP contribution in [0.5, 0.6) is 0 Å². The second-order valence-electron chi connectivity index (χ2n) is 2.19. The van der Waals surface area contributed by atoms with E-state index in [1.807, 2.05) is 0 Å². The van der Waals surface area contributed by atoms with Gasteiger partial charge in [0.1, 0.15) is 6.67 Å². The highest BCUT2D eigenvalue weighted by Gasteiger charge is 2.50. The Labute approximate surface area is 84.5 Å². The second kappa shape index (κ2) is 6.14. The molecular weight excluding hydrogens is 260 g/mol. The summed E-state index contributed by atoms with van der Waals surface area (Å²) in [6, 6.07) is 0. The molecule has 0 saturated carbocycles. The number of hydrogen-bond donors (Lipinski definition) is 0. The van der Waals surface area contributed by atoms with Crippen LogP contribution in [-0.2, 0) is 0 Å². The molecule has 0 aromatic heterocycles. The summed E-state index contributed by atoms with van der Waals surface area (Å²) in [5.41, 5.74) is 0. The Balaban J connectivity index is 0. The minimum Gasteiger partial charge on any atom is -0.243 e. The van der Waals surface area contributed by atoms with Crippen molar-refractivity contribution >= 4 is 11.6 Å². The first-order valence-corrected chi connectivity index (χ1v) is 3.51. The highest BCUT2D eigenvalue weighted by atomic mass is 35.5. The zero-order chi connectivity index (χ0) is 12.9. The Morgan fingerprint density at radius 1 is 1.07 bits per heavy atom. The molecule has 0 bridgehead atoms. The Morgan fingerprint density at radius 3 is 1.33 bits per heavy atom. The van der Waals surface area contributed by atoms with Crippen LogP contribution in [0.4, 0.5) is 35.1 Å². The zero-order valence-electron chi connectivity index (χ0n) is 7.11. The molecule has 92 valence electrons. The van der Waals surface area contributed by atoms with Crippen molar-refractivity contribution in [2.24, 2.45) is 0 Å². The summed E-state index contributed by atoms with van der Waals surface area (Å²) in [6.07, 6.45) is -7.54. The van der Waals surface area contributed by atoms with Crippen LogP contribution in [0.3, 0.4) is 0 Å². The highest BCUT2D eigenvalue weighted by molar-refractivity contribution is 6.23. The lowest BCUT2D eigenvalue weighted by Gasteiger charge is -2.14. The van der Waals surface area contributed by atoms with Crippen LogP contribution in [0.1, 0.15) is 6.92 Å². The van der Waals surface area contributed by atoms with E-state index >= 15 is 0 Å². The number of alkyl halides is 6. The second-order valence-corrected chi connectivity index (χ2v) is 2.89. The van der Waals surface area contributed by atoms with Crippen LogP contribution >= 0.6 is 11.6 Å². The fourth-order valence-corrected chi connectivity index (χ4v) is 0.0505. The van der Waals surface area contributed by atoms with E-state index in [-0.39, 0.29) is 6.92 Å². The predicted molar refractivity (Wildman–Crippen MR) is 37.7 cm³/mol. The van der Waals surface area contributed by atoms with E-state index in [2.05, 4.69) is 11.6 Å². The molecule has 0 nitrogen and oxygen atoms in total. The van der Waals surface area contributed by atoms with Crippen LogP contribution in [0.25, 0.3) is 0 Å². The maximum atomic E-state index is 11.5. The van der Waals surface area contributed by atoms with E-state index in [1.54, 1.807) is 0 Å². The molecule has 0 N–H and O–H groups in total. The largest absolute Gasteiger partial charge is 0.436 e. The Hall–Kier alpha value is -0.530. The van der Waals surface area contributed by atoms with Crippen molar-refractivity contribution in [1.29, 1.82) is 0 Å². The van der Waals surface area contributed by atoms with Crippen molar-refractivity contribution in [3.8, 4) is 0 Å². The van der Waals surface area contributed by atoms with E-state index in [0.29, 0.717) is 0 Å². The molecule has 0 fully saturated rings. The molecule has 1 atom stereocenters. The molecule has 15 heavy (non-hydrogen) atoms. The summed E-state index contributed by atoms with van der Waals surface area (Å²) in [5.74, 6) is -1.99. The molecular formula is C6H5ClF8. The summed E-state index contributed by atoms with van der Waals surface area (Å²) in [7, 11) is 0. The van der Waals surface area contributed by atoms with E-state index in [0.717, 1.165) is 0 Å². The third-order valence-electron chi connectivity index (χ3n) is 0.820. The van der Waals surface area contributed by atoms with Crippen LogP contribution in [0.15, 0.2) is 11.9 Å². The summed E-state index contributed by atoms with van der Waals surface area (Å²) in [5, 5.41) is -3.59. The van der Waals surface area contributed by atoms with Gasteiger partial charge < -0.3 is 0 Å². The summed E-state index contributed by atoms with van der Waals surface area (Å²) >= 11 is 4.22. The van der Waals surface area contributed by atoms with Gasteiger partial charge in [0.2, 0.25) is 0 Å². The van der Waals surface area contributed by atoms with Crippen LogP contribution < -0.4 is 0 Å². The Kier molecular flexibility index (Phi) is 6.91. The lowest BCUT2D eigenvalue weighted by atomic mass is 10.4. The number of halogens is 9. The summed E-state index contributed by atoms with van der Waals surface area (Å²) < 4.78 is 87.8. The van der Waals surface area contributed by atoms with Crippen molar-refractivity contribution in [3.63, 3.8) is 0 Å². The smallest absolute Gasteiger partial charge is 0.243 e. The maximum absolute atomic E-state index is 11.5. The van der Waals surface area contributed by atoms with E-state index in [1.165, 1.54) is 0 Å². The van der Waals surface area contributed by atoms with Crippen molar-refractivity contribution in [3.05, 3.63) is 11.9 Å². The van der Waals surface area contributed by atoms with Crippen molar-refractivity contribution in [2.75, 3.05) is 6.67 Å². The van der Waals surface area contributed by atoms with Gasteiger partial charge in [-0.2, -0.15) is 22.0 Å². The molecule has 0 heterocycles. The van der Waals surface area contributed by atoms with Crippen LogP contribution in [0, 0.1) is 0 Å². The van der Waals surface area contributed by atoms with Crippen molar-refractivity contribution < 1.29 is 35.1 Å². The van der Waals surface area contributed by atoms with Gasteiger partial charge in [0.05, 0.1) is 0 Å². The van der Waals surface area contributed by atoms with Crippen molar-refractivity contribution in [2.45, 2.75) is 18.2 Å². The standard InChI is InChI=1S/C3H3ClF4.C3H2F4/c1-2(4,5)3(6,7)8;4-1-2(5)3(6)7/h1H3;1H2. The van der Waals surface area contributed by atoms with E-state index in [9.17, 15) is 35.1 Å². The molecule has 0 radical (unpaired) electrons. The predicted octanol–water partition coefficient (Wildman–Crippen LogP) is 4.51. The normalized spacial score (nSPS) is 14.8. The molecule has 0 aliphatic heterocycles. The van der Waals surface area contributed by atoms with Gasteiger partial charge in [-0.05, 0) is 6.92 Å². The molecule has 0 aromatic rings. The van der Waals surface area contributed by atoms with Gasteiger partial charge in [-0.1, -0.05) is 11.6 Å². The average Bonchev–Trinajstić information content (AvgIpc) is 2.00. The summed E-state index contributed by atoms with van der Waals surface area (Å²) in [6.45, 7) is -1.48. The Bertz CT molecular complexity index is 196. The molecule has 0 saturated heterocycles. The van der Waals surface area contributed by atoms with E-state index < -0.39 is 29.9 Å². The SMILES string of the molecule is CC(F)(Cl)C(F)(F)F.FCC(F)=C(F)F. The fraction of sp³-hybridized carbons (Fsp3) is 0.667. The van der Waals surface area contributed by atoms with Gasteiger partial charge in [-0.3, -0.25) is 0 Å². The van der Waals surface area contributed by atoms with Gasteiger partial charge in [0.25, 0.3) is 5.13 Å². The average molecular weight is 265 g/mol. The molecule has 1 unspecified atom stereocenters. The van der Waals surface area contributed by atoms with Crippen LogP contribution in [-0.4, -0.2) is 18.0 Å². The lowest BCUT2D eigenvalue weighted by molar-refractivity contribution is -0.192. The number of hydrogen-bond acceptors (Lipinski definition) is 0. The monoisotopic (exact) mass is 264 g/mol. The molecule has 0 aromatic carbocycles. The summed E-state index contributed by atoms with van der Waals surface area (Å²) in [4.78, 5) is 0. The minimum absolute atomic E-state index is 0.245. The molecule has 0 aliphatic rings. The Morgan fingerprint density at radius 2 is 1.33 bits per heavy atom. The first-order chi connectivity index (χ1) is 6.43. The maximum Gasteiger partial charge on any atom is 0.436 e. The van der Waals surface area contributed by atoms with E-state index in [4.69, 9.17) is 0 Å². The van der Waals surface area contributed by atoms with Gasteiger partial charge in [0.15, 0.2) is 5.83 Å². The fourth-order valence-electron chi connectivity index (χ4n) is 0.0505. The van der Waals surface area contributed by atoms with Crippen LogP contribution in [0.2, 0.25) is 0 Å². The topological polar surface area (TPSA) is 0 Å². The molecule has 0 amide bonds. The number of allylic oxidation sites excluding steroid dienone is 1. The molecule has 9 heteroatoms. The first kappa shape index (κ1) is 16.9. The van der Waals surface area contributed by atoms with Crippen molar-refractivity contribution in [1.82, 2.24) is 0 Å². The first-order valence-electron chi connectivity index (χ1n) is 3.13. The molecule has 0 aliphatic carbocycles. The lowest BCUT2D eigenvalue weighted by Crippen LogP contribution is -2.31. The molecule has 0 spiro atoms. The van der Waals surface area contributed by atoms with Gasteiger partial charge in [-0.15, -0.1) is 0 Å². The minimum atomic E-state index is -4.96. The van der Waals surface area contributed by atoms with Gasteiger partial charge in [0, 0.05) is 0 Å². The molecule has 0 rings (SSSR count). The van der Waals surface area contributed by atoms with Gasteiger partial charge in [-0.25, -0.2) is 13.2 Å². The highest BCUT2D eigenvalue weighted by Crippen LogP contribution is 2.36. The zero-order valence-corrected chi connectivity index (χ0v) is 7.86.